The van der Waals surface area contributed by atoms with E-state index in [4.69, 9.17) is 13.9 Å². The molecule has 0 radical (unpaired) electrons. The van der Waals surface area contributed by atoms with E-state index in [2.05, 4.69) is 5.32 Å². The Labute approximate surface area is 146 Å². The molecule has 0 aliphatic rings. The van der Waals surface area contributed by atoms with Crippen molar-refractivity contribution in [1.82, 2.24) is 5.32 Å². The van der Waals surface area contributed by atoms with Crippen LogP contribution in [0.4, 0.5) is 0 Å². The number of benzene rings is 2. The number of rotatable bonds is 8. The highest BCUT2D eigenvalue weighted by atomic mass is 16.5. The van der Waals surface area contributed by atoms with Gasteiger partial charge in [-0.3, -0.25) is 4.79 Å². The lowest BCUT2D eigenvalue weighted by atomic mass is 10.1. The Morgan fingerprint density at radius 3 is 2.80 bits per heavy atom. The molecule has 1 amide bonds. The Morgan fingerprint density at radius 1 is 1.08 bits per heavy atom. The number of hydrogen-bond acceptors (Lipinski definition) is 4. The van der Waals surface area contributed by atoms with Gasteiger partial charge in [0.2, 0.25) is 0 Å². The van der Waals surface area contributed by atoms with E-state index in [-0.39, 0.29) is 18.3 Å². The maximum atomic E-state index is 12.0. The van der Waals surface area contributed by atoms with Gasteiger partial charge in [0, 0.05) is 25.6 Å². The fraction of sp³-hybridized carbons (Fsp3) is 0.250. The predicted octanol–water partition coefficient (Wildman–Crippen LogP) is 3.78. The number of carbonyl (C=O) groups is 1. The number of fused-ring (bicyclic) bond motifs is 1. The first-order valence-electron chi connectivity index (χ1n) is 8.24. The lowest BCUT2D eigenvalue weighted by Crippen LogP contribution is -2.24. The van der Waals surface area contributed by atoms with Crippen molar-refractivity contribution in [2.45, 2.75) is 13.0 Å². The van der Waals surface area contributed by atoms with Crippen LogP contribution in [0.3, 0.4) is 0 Å². The third-order valence-corrected chi connectivity index (χ3v) is 3.82. The van der Waals surface area contributed by atoms with Crippen LogP contribution in [0.2, 0.25) is 0 Å². The van der Waals surface area contributed by atoms with E-state index in [1.807, 2.05) is 42.5 Å². The van der Waals surface area contributed by atoms with Crippen LogP contribution in [0.1, 0.15) is 22.7 Å². The molecule has 130 valence electrons. The van der Waals surface area contributed by atoms with Gasteiger partial charge in [-0.2, -0.15) is 0 Å². The summed E-state index contributed by atoms with van der Waals surface area (Å²) in [5.41, 5.74) is 0. The number of ether oxygens (including phenoxy) is 2. The van der Waals surface area contributed by atoms with Crippen molar-refractivity contribution < 1.29 is 18.7 Å². The molecule has 0 saturated carbocycles. The highest BCUT2D eigenvalue weighted by molar-refractivity contribution is 5.91. The molecule has 1 N–H and O–H groups in total. The minimum absolute atomic E-state index is 0.229. The second kappa shape index (κ2) is 8.35. The molecule has 0 aliphatic heterocycles. The number of methoxy groups -OCH3 is 1. The van der Waals surface area contributed by atoms with Gasteiger partial charge in [-0.1, -0.05) is 36.4 Å². The summed E-state index contributed by atoms with van der Waals surface area (Å²) in [5.74, 6) is 1.46. The normalized spacial score (nSPS) is 10.8. The monoisotopic (exact) mass is 339 g/mol. The van der Waals surface area contributed by atoms with Crippen molar-refractivity contribution in [3.8, 4) is 5.75 Å². The molecule has 3 rings (SSSR count). The third kappa shape index (κ3) is 4.39. The molecule has 0 fully saturated rings. The number of nitrogens with one attached hydrogen (secondary N) is 1. The molecule has 5 nitrogen and oxygen atoms in total. The molecule has 2 aromatic carbocycles. The van der Waals surface area contributed by atoms with Crippen LogP contribution < -0.4 is 10.1 Å². The average Bonchev–Trinajstić information content (AvgIpc) is 3.12. The molecular weight excluding hydrogens is 318 g/mol. The quantitative estimate of drug-likeness (QED) is 0.635. The molecule has 0 atom stereocenters. The minimum Gasteiger partial charge on any atom is -0.485 e. The summed E-state index contributed by atoms with van der Waals surface area (Å²) in [4.78, 5) is 12.0. The number of hydrogen-bond donors (Lipinski definition) is 1. The molecule has 1 aromatic heterocycles. The van der Waals surface area contributed by atoms with E-state index in [9.17, 15) is 4.79 Å². The SMILES string of the molecule is COCCCNC(=O)c1ccc(COc2cccc3ccccc23)o1. The maximum Gasteiger partial charge on any atom is 0.286 e. The maximum absolute atomic E-state index is 12.0. The molecule has 5 heteroatoms. The van der Waals surface area contributed by atoms with Crippen LogP contribution in [0.25, 0.3) is 10.8 Å². The Balaban J connectivity index is 1.59. The van der Waals surface area contributed by atoms with Gasteiger partial charge in [0.15, 0.2) is 5.76 Å². The highest BCUT2D eigenvalue weighted by Gasteiger charge is 2.11. The highest BCUT2D eigenvalue weighted by Crippen LogP contribution is 2.26. The molecule has 0 bridgehead atoms. The van der Waals surface area contributed by atoms with Gasteiger partial charge < -0.3 is 19.2 Å². The topological polar surface area (TPSA) is 60.7 Å². The summed E-state index contributed by atoms with van der Waals surface area (Å²) in [5, 5.41) is 4.96. The zero-order valence-corrected chi connectivity index (χ0v) is 14.2. The van der Waals surface area contributed by atoms with Crippen LogP contribution >= 0.6 is 0 Å². The average molecular weight is 339 g/mol. The largest absolute Gasteiger partial charge is 0.485 e. The summed E-state index contributed by atoms with van der Waals surface area (Å²) in [6, 6.07) is 17.4. The van der Waals surface area contributed by atoms with E-state index in [0.29, 0.717) is 18.9 Å². The van der Waals surface area contributed by atoms with E-state index in [1.54, 1.807) is 19.2 Å². The fourth-order valence-electron chi connectivity index (χ4n) is 2.55. The second-order valence-corrected chi connectivity index (χ2v) is 5.63. The first-order chi connectivity index (χ1) is 12.3. The number of carbonyl (C=O) groups excluding carboxylic acids is 1. The molecule has 0 saturated heterocycles. The zero-order valence-electron chi connectivity index (χ0n) is 14.2. The molecular formula is C20H21NO4. The first kappa shape index (κ1) is 17.0. The summed E-state index contributed by atoms with van der Waals surface area (Å²) in [6.45, 7) is 1.43. The standard InChI is InChI=1S/C20H21NO4/c1-23-13-5-12-21-20(22)19-11-10-16(25-19)14-24-18-9-4-7-15-6-2-3-8-17(15)18/h2-4,6-11H,5,12-14H2,1H3,(H,21,22). The molecule has 0 aliphatic carbocycles. The van der Waals surface area contributed by atoms with E-state index in [1.165, 1.54) is 0 Å². The Kier molecular flexibility index (Phi) is 5.69. The Bertz CT molecular complexity index is 835. The van der Waals surface area contributed by atoms with Gasteiger partial charge >= 0.3 is 0 Å². The van der Waals surface area contributed by atoms with Gasteiger partial charge in [0.05, 0.1) is 0 Å². The third-order valence-electron chi connectivity index (χ3n) is 3.82. The smallest absolute Gasteiger partial charge is 0.286 e. The van der Waals surface area contributed by atoms with Gasteiger partial charge in [0.25, 0.3) is 5.91 Å². The minimum atomic E-state index is -0.229. The van der Waals surface area contributed by atoms with E-state index < -0.39 is 0 Å². The van der Waals surface area contributed by atoms with Gasteiger partial charge in [0.1, 0.15) is 18.1 Å². The van der Waals surface area contributed by atoms with Gasteiger partial charge in [-0.15, -0.1) is 0 Å². The summed E-state index contributed by atoms with van der Waals surface area (Å²) < 4.78 is 16.4. The van der Waals surface area contributed by atoms with Crippen LogP contribution in [0.5, 0.6) is 5.75 Å². The molecule has 3 aromatic rings. The van der Waals surface area contributed by atoms with Crippen molar-refractivity contribution in [1.29, 1.82) is 0 Å². The van der Waals surface area contributed by atoms with Gasteiger partial charge in [-0.05, 0) is 30.0 Å². The fourth-order valence-corrected chi connectivity index (χ4v) is 2.55. The lowest BCUT2D eigenvalue weighted by Gasteiger charge is -2.08. The van der Waals surface area contributed by atoms with E-state index >= 15 is 0 Å². The summed E-state index contributed by atoms with van der Waals surface area (Å²) in [6.07, 6.45) is 0.764. The van der Waals surface area contributed by atoms with Crippen LogP contribution in [-0.2, 0) is 11.3 Å². The van der Waals surface area contributed by atoms with Crippen LogP contribution in [-0.4, -0.2) is 26.2 Å². The zero-order chi connectivity index (χ0) is 17.5. The van der Waals surface area contributed by atoms with Crippen molar-refractivity contribution in [3.63, 3.8) is 0 Å². The van der Waals surface area contributed by atoms with Crippen molar-refractivity contribution in [2.75, 3.05) is 20.3 Å². The number of amides is 1. The van der Waals surface area contributed by atoms with Crippen molar-refractivity contribution >= 4 is 16.7 Å². The van der Waals surface area contributed by atoms with Crippen LogP contribution in [0, 0.1) is 0 Å². The molecule has 0 unspecified atom stereocenters. The predicted molar refractivity (Wildman–Crippen MR) is 95.8 cm³/mol. The number of furan rings is 1. The summed E-state index contributed by atoms with van der Waals surface area (Å²) >= 11 is 0. The molecule has 1 heterocycles. The lowest BCUT2D eigenvalue weighted by molar-refractivity contribution is 0.0917. The van der Waals surface area contributed by atoms with Crippen LogP contribution in [0.15, 0.2) is 59.0 Å². The van der Waals surface area contributed by atoms with E-state index in [0.717, 1.165) is 22.9 Å². The Hall–Kier alpha value is -2.79. The second-order valence-electron chi connectivity index (χ2n) is 5.63. The first-order valence-corrected chi connectivity index (χ1v) is 8.24. The van der Waals surface area contributed by atoms with Crippen molar-refractivity contribution in [2.24, 2.45) is 0 Å². The molecule has 25 heavy (non-hydrogen) atoms. The summed E-state index contributed by atoms with van der Waals surface area (Å²) in [7, 11) is 1.64. The molecule has 0 spiro atoms. The Morgan fingerprint density at radius 2 is 1.92 bits per heavy atom. The van der Waals surface area contributed by atoms with Crippen molar-refractivity contribution in [3.05, 3.63) is 66.1 Å². The van der Waals surface area contributed by atoms with Gasteiger partial charge in [-0.25, -0.2) is 0 Å².